The third-order valence-corrected chi connectivity index (χ3v) is 7.46. The predicted octanol–water partition coefficient (Wildman–Crippen LogP) is 6.49. The molecule has 0 aromatic heterocycles. The Labute approximate surface area is 196 Å². The Morgan fingerprint density at radius 2 is 1.76 bits per heavy atom. The van der Waals surface area contributed by atoms with E-state index in [-0.39, 0.29) is 29.5 Å². The molecule has 1 unspecified atom stereocenters. The summed E-state index contributed by atoms with van der Waals surface area (Å²) >= 11 is 0. The van der Waals surface area contributed by atoms with Crippen LogP contribution in [0, 0.1) is 23.6 Å². The molecule has 178 valence electrons. The molecule has 4 nitrogen and oxygen atoms in total. The highest BCUT2D eigenvalue weighted by Crippen LogP contribution is 2.47. The van der Waals surface area contributed by atoms with Gasteiger partial charge in [-0.1, -0.05) is 19.1 Å². The van der Waals surface area contributed by atoms with Crippen LogP contribution >= 0.6 is 0 Å². The molecule has 2 atom stereocenters. The van der Waals surface area contributed by atoms with E-state index in [4.69, 9.17) is 14.2 Å². The van der Waals surface area contributed by atoms with Gasteiger partial charge in [0.05, 0.1) is 26.7 Å². The number of hydrogen-bond acceptors (Lipinski definition) is 4. The van der Waals surface area contributed by atoms with Gasteiger partial charge in [-0.25, -0.2) is 4.39 Å². The molecule has 0 saturated heterocycles. The minimum atomic E-state index is -0.162. The van der Waals surface area contributed by atoms with E-state index < -0.39 is 0 Å². The van der Waals surface area contributed by atoms with E-state index in [1.165, 1.54) is 13.2 Å². The van der Waals surface area contributed by atoms with Crippen molar-refractivity contribution in [2.75, 3.05) is 20.8 Å². The molecule has 2 fully saturated rings. The molecule has 0 spiro atoms. The van der Waals surface area contributed by atoms with E-state index in [0.29, 0.717) is 24.2 Å². The molecule has 2 aromatic carbocycles. The molecule has 2 saturated carbocycles. The second-order valence-corrected chi connectivity index (χ2v) is 9.66. The molecule has 5 heteroatoms. The molecule has 4 rings (SSSR count). The second-order valence-electron chi connectivity index (χ2n) is 9.66. The maximum Gasteiger partial charge on any atom is 0.309 e. The molecule has 2 aromatic rings. The highest BCUT2D eigenvalue weighted by atomic mass is 19.1. The summed E-state index contributed by atoms with van der Waals surface area (Å²) in [7, 11) is 3.07. The fourth-order valence-corrected chi connectivity index (χ4v) is 5.38. The third kappa shape index (κ3) is 5.69. The van der Waals surface area contributed by atoms with E-state index in [9.17, 15) is 9.18 Å². The molecule has 33 heavy (non-hydrogen) atoms. The zero-order valence-electron chi connectivity index (χ0n) is 19.9. The molecule has 0 amide bonds. The van der Waals surface area contributed by atoms with Crippen molar-refractivity contribution in [3.8, 4) is 11.5 Å². The van der Waals surface area contributed by atoms with Crippen molar-refractivity contribution in [1.82, 2.24) is 0 Å². The molecule has 2 aliphatic carbocycles. The van der Waals surface area contributed by atoms with Gasteiger partial charge in [-0.15, -0.1) is 0 Å². The van der Waals surface area contributed by atoms with Crippen LogP contribution in [-0.2, 0) is 9.53 Å². The highest BCUT2D eigenvalue weighted by Gasteiger charge is 2.39. The number of methoxy groups -OCH3 is 2. The number of hydrogen-bond donors (Lipinski definition) is 0. The quantitative estimate of drug-likeness (QED) is 0.406. The highest BCUT2D eigenvalue weighted by molar-refractivity contribution is 5.73. The van der Waals surface area contributed by atoms with Crippen LogP contribution in [0.15, 0.2) is 42.5 Å². The normalized spacial score (nSPS) is 22.3. The van der Waals surface area contributed by atoms with Crippen molar-refractivity contribution in [3.63, 3.8) is 0 Å². The Balaban J connectivity index is 1.34. The van der Waals surface area contributed by atoms with Crippen molar-refractivity contribution >= 4 is 5.97 Å². The molecular weight excluding hydrogens is 419 g/mol. The zero-order chi connectivity index (χ0) is 23.4. The topological polar surface area (TPSA) is 44.8 Å². The Morgan fingerprint density at radius 1 is 1.00 bits per heavy atom. The number of benzene rings is 2. The first kappa shape index (κ1) is 23.6. The number of rotatable bonds is 9. The monoisotopic (exact) mass is 454 g/mol. The van der Waals surface area contributed by atoms with Gasteiger partial charge in [0.15, 0.2) is 0 Å². The van der Waals surface area contributed by atoms with Gasteiger partial charge in [0.1, 0.15) is 17.3 Å². The van der Waals surface area contributed by atoms with E-state index in [0.717, 1.165) is 55.4 Å². The first-order valence-corrected chi connectivity index (χ1v) is 12.1. The van der Waals surface area contributed by atoms with Gasteiger partial charge in [-0.2, -0.15) is 0 Å². The predicted molar refractivity (Wildman–Crippen MR) is 126 cm³/mol. The summed E-state index contributed by atoms with van der Waals surface area (Å²) in [5, 5.41) is 0. The number of halogens is 1. The van der Waals surface area contributed by atoms with Crippen molar-refractivity contribution in [2.24, 2.45) is 17.8 Å². The zero-order valence-corrected chi connectivity index (χ0v) is 19.9. The summed E-state index contributed by atoms with van der Waals surface area (Å²) in [4.78, 5) is 12.2. The largest absolute Gasteiger partial charge is 0.497 e. The van der Waals surface area contributed by atoms with Gasteiger partial charge in [-0.05, 0) is 104 Å². The van der Waals surface area contributed by atoms with Crippen LogP contribution in [0.3, 0.4) is 0 Å². The number of esters is 1. The number of carbonyl (C=O) groups is 1. The summed E-state index contributed by atoms with van der Waals surface area (Å²) < 4.78 is 30.8. The lowest BCUT2D eigenvalue weighted by atomic mass is 9.79. The van der Waals surface area contributed by atoms with E-state index in [1.807, 2.05) is 25.1 Å². The Bertz CT molecular complexity index is 947. The summed E-state index contributed by atoms with van der Waals surface area (Å²) in [6.45, 7) is 2.63. The summed E-state index contributed by atoms with van der Waals surface area (Å²) in [5.74, 6) is 2.53. The lowest BCUT2D eigenvalue weighted by Gasteiger charge is -2.29. The maximum atomic E-state index is 14.3. The average molecular weight is 455 g/mol. The molecule has 0 radical (unpaired) electrons. The summed E-state index contributed by atoms with van der Waals surface area (Å²) in [6.07, 6.45) is 6.27. The van der Waals surface area contributed by atoms with Gasteiger partial charge in [-0.3, -0.25) is 4.79 Å². The van der Waals surface area contributed by atoms with Crippen LogP contribution in [0.2, 0.25) is 0 Å². The van der Waals surface area contributed by atoms with Crippen LogP contribution in [-0.4, -0.2) is 26.8 Å². The minimum Gasteiger partial charge on any atom is -0.497 e. The minimum absolute atomic E-state index is 0.140. The van der Waals surface area contributed by atoms with Crippen molar-refractivity contribution in [1.29, 1.82) is 0 Å². The molecule has 0 heterocycles. The van der Waals surface area contributed by atoms with Crippen molar-refractivity contribution < 1.29 is 23.4 Å². The van der Waals surface area contributed by atoms with Crippen LogP contribution in [0.25, 0.3) is 0 Å². The van der Waals surface area contributed by atoms with Crippen molar-refractivity contribution in [3.05, 3.63) is 59.4 Å². The van der Waals surface area contributed by atoms with Gasteiger partial charge >= 0.3 is 5.97 Å². The molecule has 2 aliphatic rings. The molecule has 0 N–H and O–H groups in total. The fourth-order valence-electron chi connectivity index (χ4n) is 5.38. The van der Waals surface area contributed by atoms with E-state index >= 15 is 0 Å². The molecular formula is C28H35FO4. The molecule has 0 bridgehead atoms. The average Bonchev–Trinajstić information content (AvgIpc) is 3.68. The number of ether oxygens (including phenoxy) is 3. The van der Waals surface area contributed by atoms with Crippen LogP contribution in [0.5, 0.6) is 11.5 Å². The van der Waals surface area contributed by atoms with E-state index in [1.54, 1.807) is 13.2 Å². The first-order chi connectivity index (χ1) is 16.0. The smallest absolute Gasteiger partial charge is 0.309 e. The van der Waals surface area contributed by atoms with E-state index in [2.05, 4.69) is 12.1 Å². The molecule has 0 aliphatic heterocycles. The Morgan fingerprint density at radius 3 is 2.42 bits per heavy atom. The number of carbonyl (C=O) groups excluding carboxylic acids is 1. The lowest BCUT2D eigenvalue weighted by molar-refractivity contribution is -0.145. The second kappa shape index (κ2) is 10.6. The lowest BCUT2D eigenvalue weighted by Crippen LogP contribution is -2.22. The SMILES string of the molecule is COC(=O)C(C)[C@H](c1cccc(OC[C@H]2CC[C@H](c3cc(OC)ccc3F)CC2)c1)C1CC1. The fraction of sp³-hybridized carbons (Fsp3) is 0.536. The standard InChI is InChI=1S/C28H35FO4/c1-18(28(30)32-3)27(21-11-12-21)22-5-4-6-24(15-22)33-17-19-7-9-20(10-8-19)25-16-23(31-2)13-14-26(25)29/h4-6,13-16,18-21,27H,7-12,17H2,1-3H3/t18?,19-,20-,27-/m0/s1. The summed E-state index contributed by atoms with van der Waals surface area (Å²) in [5.41, 5.74) is 1.93. The van der Waals surface area contributed by atoms with Gasteiger partial charge < -0.3 is 14.2 Å². The maximum absolute atomic E-state index is 14.3. The Kier molecular flexibility index (Phi) is 7.56. The van der Waals surface area contributed by atoms with Crippen molar-refractivity contribution in [2.45, 2.75) is 57.3 Å². The third-order valence-electron chi connectivity index (χ3n) is 7.46. The van der Waals surface area contributed by atoms with Gasteiger partial charge in [0, 0.05) is 0 Å². The Hall–Kier alpha value is -2.56. The van der Waals surface area contributed by atoms with Gasteiger partial charge in [0.25, 0.3) is 0 Å². The van der Waals surface area contributed by atoms with Crippen LogP contribution in [0.1, 0.15) is 68.4 Å². The van der Waals surface area contributed by atoms with Crippen LogP contribution in [0.4, 0.5) is 4.39 Å². The summed E-state index contributed by atoms with van der Waals surface area (Å²) in [6, 6.07) is 13.2. The van der Waals surface area contributed by atoms with Gasteiger partial charge in [0.2, 0.25) is 0 Å². The van der Waals surface area contributed by atoms with Crippen LogP contribution < -0.4 is 9.47 Å². The first-order valence-electron chi connectivity index (χ1n) is 12.1.